The van der Waals surface area contributed by atoms with Gasteiger partial charge in [-0.25, -0.2) is 4.79 Å². The van der Waals surface area contributed by atoms with Crippen molar-refractivity contribution in [2.45, 2.75) is 51.8 Å². The Balaban J connectivity index is 1.83. The van der Waals surface area contributed by atoms with E-state index in [4.69, 9.17) is 14.4 Å². The Morgan fingerprint density at radius 3 is 2.95 bits per heavy atom. The van der Waals surface area contributed by atoms with Gasteiger partial charge in [-0.2, -0.15) is 5.26 Å². The maximum Gasteiger partial charge on any atom is 0.410 e. The third-order valence-electron chi connectivity index (χ3n) is 3.41. The molecule has 22 heavy (non-hydrogen) atoms. The molecular weight excluding hydrogens is 282 g/mol. The predicted octanol–water partition coefficient (Wildman–Crippen LogP) is 2.64. The van der Waals surface area contributed by atoms with Crippen molar-refractivity contribution >= 4 is 6.09 Å². The van der Waals surface area contributed by atoms with Crippen LogP contribution >= 0.6 is 0 Å². The molecule has 1 unspecified atom stereocenters. The number of ether oxygens (including phenoxy) is 1. The van der Waals surface area contributed by atoms with Crippen LogP contribution in [0.25, 0.3) is 0 Å². The topological polar surface area (TPSA) is 78.5 Å². The Morgan fingerprint density at radius 2 is 2.32 bits per heavy atom. The lowest BCUT2D eigenvalue weighted by molar-refractivity contribution is 0.0186. The minimum atomic E-state index is -0.473. The molecule has 1 aromatic heterocycles. The van der Waals surface area contributed by atoms with Gasteiger partial charge in [0.1, 0.15) is 17.4 Å². The highest BCUT2D eigenvalue weighted by Gasteiger charge is 2.27. The molecular formula is C16H23N3O3. The number of rotatable bonds is 3. The first-order chi connectivity index (χ1) is 10.4. The summed E-state index contributed by atoms with van der Waals surface area (Å²) in [5.41, 5.74) is -0.473. The first-order valence-electron chi connectivity index (χ1n) is 7.57. The third kappa shape index (κ3) is 4.78. The van der Waals surface area contributed by atoms with E-state index in [1.54, 1.807) is 17.0 Å². The molecule has 1 N–H and O–H groups in total. The Bertz CT molecular complexity index is 554. The lowest BCUT2D eigenvalue weighted by Crippen LogP contribution is -2.49. The fourth-order valence-corrected chi connectivity index (χ4v) is 2.41. The van der Waals surface area contributed by atoms with Crippen LogP contribution in [-0.4, -0.2) is 35.7 Å². The predicted molar refractivity (Wildman–Crippen MR) is 81.1 cm³/mol. The van der Waals surface area contributed by atoms with Crippen molar-refractivity contribution < 1.29 is 13.9 Å². The zero-order valence-corrected chi connectivity index (χ0v) is 13.4. The molecule has 0 spiro atoms. The summed E-state index contributed by atoms with van der Waals surface area (Å²) in [6.07, 6.45) is 1.69. The molecule has 0 saturated carbocycles. The number of furan rings is 1. The number of nitriles is 1. The fraction of sp³-hybridized carbons (Fsp3) is 0.625. The highest BCUT2D eigenvalue weighted by atomic mass is 16.6. The lowest BCUT2D eigenvalue weighted by atomic mass is 10.1. The molecule has 0 radical (unpaired) electrons. The zero-order valence-electron chi connectivity index (χ0n) is 13.4. The zero-order chi connectivity index (χ0) is 16.2. The van der Waals surface area contributed by atoms with Gasteiger partial charge in [0.25, 0.3) is 0 Å². The van der Waals surface area contributed by atoms with Gasteiger partial charge in [0.05, 0.1) is 6.54 Å². The van der Waals surface area contributed by atoms with E-state index in [1.165, 1.54) is 0 Å². The first-order valence-corrected chi connectivity index (χ1v) is 7.57. The summed E-state index contributed by atoms with van der Waals surface area (Å²) in [7, 11) is 0. The van der Waals surface area contributed by atoms with Crippen molar-refractivity contribution in [3.05, 3.63) is 23.7 Å². The van der Waals surface area contributed by atoms with E-state index in [2.05, 4.69) is 5.32 Å². The number of carbonyl (C=O) groups excluding carboxylic acids is 1. The summed E-state index contributed by atoms with van der Waals surface area (Å²) in [4.78, 5) is 13.8. The maximum atomic E-state index is 12.1. The van der Waals surface area contributed by atoms with Crippen molar-refractivity contribution in [3.8, 4) is 6.07 Å². The van der Waals surface area contributed by atoms with Crippen molar-refractivity contribution in [3.63, 3.8) is 0 Å². The smallest absolute Gasteiger partial charge is 0.410 e. The van der Waals surface area contributed by atoms with Crippen LogP contribution in [0.1, 0.15) is 45.1 Å². The normalized spacial score (nSPS) is 18.8. The largest absolute Gasteiger partial charge is 0.449 e. The molecule has 2 rings (SSSR count). The van der Waals surface area contributed by atoms with Crippen molar-refractivity contribution in [1.29, 1.82) is 5.26 Å². The molecule has 120 valence electrons. The first kappa shape index (κ1) is 16.4. The quantitative estimate of drug-likeness (QED) is 0.928. The van der Waals surface area contributed by atoms with Gasteiger partial charge in [-0.3, -0.25) is 0 Å². The maximum absolute atomic E-state index is 12.1. The van der Waals surface area contributed by atoms with Crippen molar-refractivity contribution in [2.24, 2.45) is 0 Å². The van der Waals surface area contributed by atoms with Crippen LogP contribution in [0.4, 0.5) is 4.79 Å². The average molecular weight is 305 g/mol. The molecule has 6 heteroatoms. The molecule has 1 fully saturated rings. The minimum Gasteiger partial charge on any atom is -0.449 e. The summed E-state index contributed by atoms with van der Waals surface area (Å²) in [5, 5.41) is 12.1. The number of hydrogen-bond acceptors (Lipinski definition) is 5. The fourth-order valence-electron chi connectivity index (χ4n) is 2.41. The molecule has 0 aromatic carbocycles. The van der Waals surface area contributed by atoms with E-state index in [0.717, 1.165) is 25.1 Å². The Hall–Kier alpha value is -2.00. The van der Waals surface area contributed by atoms with Crippen LogP contribution in [-0.2, 0) is 11.3 Å². The third-order valence-corrected chi connectivity index (χ3v) is 3.41. The van der Waals surface area contributed by atoms with E-state index in [1.807, 2.05) is 26.8 Å². The van der Waals surface area contributed by atoms with E-state index < -0.39 is 5.60 Å². The van der Waals surface area contributed by atoms with Gasteiger partial charge in [0.15, 0.2) is 0 Å². The molecule has 1 aromatic rings. The number of nitrogens with zero attached hydrogens (tertiary/aromatic N) is 2. The van der Waals surface area contributed by atoms with Crippen LogP contribution < -0.4 is 5.32 Å². The molecule has 2 heterocycles. The van der Waals surface area contributed by atoms with Crippen LogP contribution in [0.2, 0.25) is 0 Å². The number of hydrogen-bond donors (Lipinski definition) is 1. The Morgan fingerprint density at radius 1 is 1.55 bits per heavy atom. The van der Waals surface area contributed by atoms with E-state index in [0.29, 0.717) is 18.8 Å². The number of amides is 1. The van der Waals surface area contributed by atoms with E-state index in [-0.39, 0.29) is 12.1 Å². The van der Waals surface area contributed by atoms with Gasteiger partial charge in [-0.1, -0.05) is 0 Å². The van der Waals surface area contributed by atoms with Gasteiger partial charge >= 0.3 is 6.09 Å². The standard InChI is InChI=1S/C16H23N3O3/c1-16(2,3)22-15(20)19-8-4-5-12(11-19)18-10-14-7-6-13(9-17)21-14/h6-7,12,18H,4-5,8,10-11H2,1-3H3. The van der Waals surface area contributed by atoms with Crippen LogP contribution in [0.5, 0.6) is 0 Å². The van der Waals surface area contributed by atoms with Gasteiger partial charge in [-0.05, 0) is 45.7 Å². The van der Waals surface area contributed by atoms with Gasteiger partial charge in [-0.15, -0.1) is 0 Å². The van der Waals surface area contributed by atoms with Gasteiger partial charge < -0.3 is 19.4 Å². The molecule has 1 atom stereocenters. The summed E-state index contributed by atoms with van der Waals surface area (Å²) in [6, 6.07) is 5.62. The molecule has 6 nitrogen and oxygen atoms in total. The SMILES string of the molecule is CC(C)(C)OC(=O)N1CCCC(NCc2ccc(C#N)o2)C1. The van der Waals surface area contributed by atoms with Crippen LogP contribution in [0.3, 0.4) is 0 Å². The molecule has 0 aliphatic carbocycles. The summed E-state index contributed by atoms with van der Waals surface area (Å²) < 4.78 is 10.7. The summed E-state index contributed by atoms with van der Waals surface area (Å²) >= 11 is 0. The molecule has 1 aliphatic heterocycles. The summed E-state index contributed by atoms with van der Waals surface area (Å²) in [6.45, 7) is 7.51. The van der Waals surface area contributed by atoms with Crippen molar-refractivity contribution in [2.75, 3.05) is 13.1 Å². The highest BCUT2D eigenvalue weighted by Crippen LogP contribution is 2.16. The number of nitrogens with one attached hydrogen (secondary N) is 1. The minimum absolute atomic E-state index is 0.205. The Labute approximate surface area is 131 Å². The number of carbonyl (C=O) groups is 1. The lowest BCUT2D eigenvalue weighted by Gasteiger charge is -2.34. The number of piperidine rings is 1. The highest BCUT2D eigenvalue weighted by molar-refractivity contribution is 5.68. The summed E-state index contributed by atoms with van der Waals surface area (Å²) in [5.74, 6) is 1.04. The molecule has 1 amide bonds. The second-order valence-electron chi connectivity index (χ2n) is 6.52. The monoisotopic (exact) mass is 305 g/mol. The van der Waals surface area contributed by atoms with E-state index in [9.17, 15) is 4.79 Å². The van der Waals surface area contributed by atoms with Crippen molar-refractivity contribution in [1.82, 2.24) is 10.2 Å². The molecule has 0 bridgehead atoms. The van der Waals surface area contributed by atoms with Crippen LogP contribution in [0, 0.1) is 11.3 Å². The van der Waals surface area contributed by atoms with Crippen LogP contribution in [0.15, 0.2) is 16.5 Å². The van der Waals surface area contributed by atoms with E-state index >= 15 is 0 Å². The second kappa shape index (κ2) is 6.84. The Kier molecular flexibility index (Phi) is 5.09. The second-order valence-corrected chi connectivity index (χ2v) is 6.52. The molecule has 1 saturated heterocycles. The number of likely N-dealkylation sites (tertiary alicyclic amines) is 1. The average Bonchev–Trinajstić information content (AvgIpc) is 2.92. The molecule has 1 aliphatic rings. The van der Waals surface area contributed by atoms with Gasteiger partial charge in [0, 0.05) is 19.1 Å². The van der Waals surface area contributed by atoms with Gasteiger partial charge in [0.2, 0.25) is 5.76 Å².